The van der Waals surface area contributed by atoms with Crippen LogP contribution in [-0.4, -0.2) is 36.0 Å². The summed E-state index contributed by atoms with van der Waals surface area (Å²) in [6.07, 6.45) is 0. The SMILES string of the molecule is CC(C)CN1CCNC(=O)C1(C)C. The molecule has 0 aromatic heterocycles. The molecule has 1 rings (SSSR count). The van der Waals surface area contributed by atoms with Crippen molar-refractivity contribution in [2.24, 2.45) is 5.92 Å². The average Bonchev–Trinajstić information content (AvgIpc) is 1.99. The van der Waals surface area contributed by atoms with E-state index in [9.17, 15) is 4.79 Å². The fraction of sp³-hybridized carbons (Fsp3) is 0.900. The lowest BCUT2D eigenvalue weighted by Gasteiger charge is -2.42. The molecule has 0 saturated carbocycles. The normalized spacial score (nSPS) is 23.3. The van der Waals surface area contributed by atoms with Crippen LogP contribution in [0, 0.1) is 5.92 Å². The van der Waals surface area contributed by atoms with Gasteiger partial charge in [0.05, 0.1) is 5.54 Å². The monoisotopic (exact) mass is 184 g/mol. The summed E-state index contributed by atoms with van der Waals surface area (Å²) in [7, 11) is 0. The van der Waals surface area contributed by atoms with Crippen molar-refractivity contribution in [3.63, 3.8) is 0 Å². The highest BCUT2D eigenvalue weighted by Gasteiger charge is 2.37. The summed E-state index contributed by atoms with van der Waals surface area (Å²) < 4.78 is 0. The van der Waals surface area contributed by atoms with Crippen LogP contribution in [0.15, 0.2) is 0 Å². The highest BCUT2D eigenvalue weighted by atomic mass is 16.2. The van der Waals surface area contributed by atoms with Crippen LogP contribution in [0.1, 0.15) is 27.7 Å². The van der Waals surface area contributed by atoms with Crippen molar-refractivity contribution in [3.05, 3.63) is 0 Å². The molecule has 1 fully saturated rings. The number of amides is 1. The van der Waals surface area contributed by atoms with Crippen LogP contribution < -0.4 is 5.32 Å². The van der Waals surface area contributed by atoms with Crippen molar-refractivity contribution in [3.8, 4) is 0 Å². The summed E-state index contributed by atoms with van der Waals surface area (Å²) in [5.41, 5.74) is -0.331. The summed E-state index contributed by atoms with van der Waals surface area (Å²) in [5, 5.41) is 2.89. The van der Waals surface area contributed by atoms with Gasteiger partial charge in [-0.3, -0.25) is 9.69 Å². The van der Waals surface area contributed by atoms with Crippen LogP contribution in [0.4, 0.5) is 0 Å². The van der Waals surface area contributed by atoms with E-state index in [0.29, 0.717) is 5.92 Å². The van der Waals surface area contributed by atoms with Crippen molar-refractivity contribution >= 4 is 5.91 Å². The van der Waals surface area contributed by atoms with Crippen LogP contribution in [0.5, 0.6) is 0 Å². The quantitative estimate of drug-likeness (QED) is 0.690. The van der Waals surface area contributed by atoms with Gasteiger partial charge in [-0.1, -0.05) is 13.8 Å². The minimum Gasteiger partial charge on any atom is -0.353 e. The molecule has 13 heavy (non-hydrogen) atoms. The Balaban J connectivity index is 2.66. The van der Waals surface area contributed by atoms with Crippen molar-refractivity contribution in [1.29, 1.82) is 0 Å². The average molecular weight is 184 g/mol. The minimum atomic E-state index is -0.331. The molecule has 0 aromatic rings. The van der Waals surface area contributed by atoms with Crippen LogP contribution in [0.2, 0.25) is 0 Å². The summed E-state index contributed by atoms with van der Waals surface area (Å²) in [5.74, 6) is 0.768. The van der Waals surface area contributed by atoms with E-state index in [1.807, 2.05) is 13.8 Å². The first kappa shape index (κ1) is 10.5. The number of hydrogen-bond acceptors (Lipinski definition) is 2. The smallest absolute Gasteiger partial charge is 0.239 e. The Hall–Kier alpha value is -0.570. The second-order valence-corrected chi connectivity index (χ2v) is 4.65. The van der Waals surface area contributed by atoms with Crippen molar-refractivity contribution in [1.82, 2.24) is 10.2 Å². The van der Waals surface area contributed by atoms with E-state index in [1.54, 1.807) is 0 Å². The van der Waals surface area contributed by atoms with Gasteiger partial charge in [0.2, 0.25) is 5.91 Å². The summed E-state index contributed by atoms with van der Waals surface area (Å²) >= 11 is 0. The molecule has 1 aliphatic heterocycles. The van der Waals surface area contributed by atoms with E-state index in [-0.39, 0.29) is 11.4 Å². The van der Waals surface area contributed by atoms with Gasteiger partial charge in [-0.15, -0.1) is 0 Å². The Morgan fingerprint density at radius 1 is 1.54 bits per heavy atom. The Morgan fingerprint density at radius 3 is 2.69 bits per heavy atom. The lowest BCUT2D eigenvalue weighted by molar-refractivity contribution is -0.135. The zero-order chi connectivity index (χ0) is 10.1. The lowest BCUT2D eigenvalue weighted by atomic mass is 9.97. The number of carbonyl (C=O) groups excluding carboxylic acids is 1. The predicted molar refractivity (Wildman–Crippen MR) is 53.5 cm³/mol. The van der Waals surface area contributed by atoms with Crippen molar-refractivity contribution in [2.75, 3.05) is 19.6 Å². The Labute approximate surface area is 80.5 Å². The lowest BCUT2D eigenvalue weighted by Crippen LogP contribution is -2.62. The van der Waals surface area contributed by atoms with Crippen LogP contribution in [-0.2, 0) is 4.79 Å². The van der Waals surface area contributed by atoms with Gasteiger partial charge < -0.3 is 5.32 Å². The number of rotatable bonds is 2. The number of nitrogens with one attached hydrogen (secondary N) is 1. The van der Waals surface area contributed by atoms with Gasteiger partial charge >= 0.3 is 0 Å². The maximum absolute atomic E-state index is 11.6. The third-order valence-electron chi connectivity index (χ3n) is 2.60. The highest BCUT2D eigenvalue weighted by Crippen LogP contribution is 2.18. The second-order valence-electron chi connectivity index (χ2n) is 4.65. The first-order valence-electron chi connectivity index (χ1n) is 4.98. The topological polar surface area (TPSA) is 32.3 Å². The molecule has 0 radical (unpaired) electrons. The van der Waals surface area contributed by atoms with Crippen LogP contribution >= 0.6 is 0 Å². The van der Waals surface area contributed by atoms with Crippen molar-refractivity contribution in [2.45, 2.75) is 33.2 Å². The highest BCUT2D eigenvalue weighted by molar-refractivity contribution is 5.86. The van der Waals surface area contributed by atoms with Gasteiger partial charge in [-0.2, -0.15) is 0 Å². The van der Waals surface area contributed by atoms with E-state index < -0.39 is 0 Å². The molecule has 0 unspecified atom stereocenters. The van der Waals surface area contributed by atoms with E-state index in [4.69, 9.17) is 0 Å². The van der Waals surface area contributed by atoms with Gasteiger partial charge in [-0.25, -0.2) is 0 Å². The molecule has 0 atom stereocenters. The largest absolute Gasteiger partial charge is 0.353 e. The number of hydrogen-bond donors (Lipinski definition) is 1. The molecule has 1 saturated heterocycles. The molecule has 1 N–H and O–H groups in total. The molecule has 0 aromatic carbocycles. The molecular formula is C10H20N2O. The van der Waals surface area contributed by atoms with Crippen LogP contribution in [0.3, 0.4) is 0 Å². The zero-order valence-corrected chi connectivity index (χ0v) is 9.05. The molecule has 0 aliphatic carbocycles. The first-order valence-corrected chi connectivity index (χ1v) is 4.98. The number of piperazine rings is 1. The van der Waals surface area contributed by atoms with E-state index in [2.05, 4.69) is 24.1 Å². The predicted octanol–water partition coefficient (Wildman–Crippen LogP) is 0.853. The fourth-order valence-corrected chi connectivity index (χ4v) is 1.70. The van der Waals surface area contributed by atoms with Gasteiger partial charge in [0.1, 0.15) is 0 Å². The van der Waals surface area contributed by atoms with E-state index >= 15 is 0 Å². The van der Waals surface area contributed by atoms with E-state index in [1.165, 1.54) is 0 Å². The molecule has 1 amide bonds. The number of carbonyl (C=O) groups is 1. The molecule has 76 valence electrons. The van der Waals surface area contributed by atoms with Gasteiger partial charge in [0, 0.05) is 19.6 Å². The summed E-state index contributed by atoms with van der Waals surface area (Å²) in [6, 6.07) is 0. The third kappa shape index (κ3) is 2.21. The van der Waals surface area contributed by atoms with Crippen LogP contribution in [0.25, 0.3) is 0 Å². The van der Waals surface area contributed by atoms with Crippen molar-refractivity contribution < 1.29 is 4.79 Å². The molecule has 1 heterocycles. The Bertz CT molecular complexity index is 199. The minimum absolute atomic E-state index is 0.152. The van der Waals surface area contributed by atoms with E-state index in [0.717, 1.165) is 19.6 Å². The van der Waals surface area contributed by atoms with Gasteiger partial charge in [0.15, 0.2) is 0 Å². The fourth-order valence-electron chi connectivity index (χ4n) is 1.70. The molecule has 3 nitrogen and oxygen atoms in total. The summed E-state index contributed by atoms with van der Waals surface area (Å²) in [6.45, 7) is 11.1. The summed E-state index contributed by atoms with van der Waals surface area (Å²) in [4.78, 5) is 13.8. The zero-order valence-electron chi connectivity index (χ0n) is 9.05. The maximum atomic E-state index is 11.6. The molecule has 0 bridgehead atoms. The Morgan fingerprint density at radius 2 is 2.15 bits per heavy atom. The number of nitrogens with zero attached hydrogens (tertiary/aromatic N) is 1. The Kier molecular flexibility index (Phi) is 2.96. The molecular weight excluding hydrogens is 164 g/mol. The molecule has 0 spiro atoms. The second kappa shape index (κ2) is 3.66. The van der Waals surface area contributed by atoms with Gasteiger partial charge in [0.25, 0.3) is 0 Å². The third-order valence-corrected chi connectivity index (χ3v) is 2.60. The van der Waals surface area contributed by atoms with Gasteiger partial charge in [-0.05, 0) is 19.8 Å². The molecule has 3 heteroatoms. The maximum Gasteiger partial charge on any atom is 0.239 e. The molecule has 1 aliphatic rings. The standard InChI is InChI=1S/C10H20N2O/c1-8(2)7-12-6-5-11-9(13)10(12,3)4/h8H,5-7H2,1-4H3,(H,11,13). The first-order chi connectivity index (χ1) is 5.94.